The van der Waals surface area contributed by atoms with Gasteiger partial charge in [0, 0.05) is 6.42 Å². The molecule has 0 aromatic carbocycles. The molecule has 200 valence electrons. The van der Waals surface area contributed by atoms with Crippen molar-refractivity contribution < 1.29 is 24.5 Å². The zero-order chi connectivity index (χ0) is 25.8. The van der Waals surface area contributed by atoms with Gasteiger partial charge in [-0.25, -0.2) is 0 Å². The van der Waals surface area contributed by atoms with Gasteiger partial charge in [-0.05, 0) is 120 Å². The van der Waals surface area contributed by atoms with Crippen molar-refractivity contribution >= 4 is 5.78 Å². The molecule has 5 nitrogen and oxygen atoms in total. The molecule has 0 aromatic heterocycles. The number of carbonyl (C=O) groups is 1. The number of carbonyl (C=O) groups excluding carboxylic acids is 1. The molecule has 0 unspecified atom stereocenters. The van der Waals surface area contributed by atoms with Crippen molar-refractivity contribution in [3.63, 3.8) is 0 Å². The molecule has 35 heavy (non-hydrogen) atoms. The number of ketones is 1. The van der Waals surface area contributed by atoms with Gasteiger partial charge in [0.25, 0.3) is 0 Å². The Labute approximate surface area is 212 Å². The maximum absolute atomic E-state index is 12.8. The molecule has 0 amide bonds. The monoisotopic (exact) mass is 490 g/mol. The van der Waals surface area contributed by atoms with Crippen molar-refractivity contribution in [3.05, 3.63) is 0 Å². The van der Waals surface area contributed by atoms with Crippen molar-refractivity contribution in [2.45, 2.75) is 148 Å². The molecule has 0 spiro atoms. The first-order chi connectivity index (χ1) is 16.0. The van der Waals surface area contributed by atoms with E-state index in [2.05, 4.69) is 27.7 Å². The average molecular weight is 491 g/mol. The van der Waals surface area contributed by atoms with E-state index in [1.807, 2.05) is 27.7 Å². The fraction of sp³-hybridized carbons (Fsp3) is 0.967. The molecule has 2 saturated heterocycles. The quantitative estimate of drug-likeness (QED) is 0.515. The van der Waals surface area contributed by atoms with Crippen LogP contribution in [0.15, 0.2) is 0 Å². The van der Waals surface area contributed by atoms with Crippen LogP contribution in [0.3, 0.4) is 0 Å². The average Bonchev–Trinajstić information content (AvgIpc) is 3.30. The van der Waals surface area contributed by atoms with Crippen LogP contribution in [0.25, 0.3) is 0 Å². The van der Waals surface area contributed by atoms with Gasteiger partial charge in [0.2, 0.25) is 0 Å². The summed E-state index contributed by atoms with van der Waals surface area (Å²) in [6.45, 7) is 17.2. The normalized spacial score (nSPS) is 54.7. The van der Waals surface area contributed by atoms with Crippen molar-refractivity contribution in [2.75, 3.05) is 0 Å². The van der Waals surface area contributed by atoms with Crippen molar-refractivity contribution in [2.24, 2.45) is 34.5 Å². The maximum atomic E-state index is 12.8. The van der Waals surface area contributed by atoms with Crippen LogP contribution < -0.4 is 0 Å². The lowest BCUT2D eigenvalue weighted by Gasteiger charge is -2.54. The molecular weight excluding hydrogens is 440 g/mol. The van der Waals surface area contributed by atoms with E-state index in [1.165, 1.54) is 0 Å². The Morgan fingerprint density at radius 1 is 0.771 bits per heavy atom. The maximum Gasteiger partial charge on any atom is 0.164 e. The number of Topliss-reactive ketones (excluding diaryl/α,β-unsaturated/α-hetero) is 1. The summed E-state index contributed by atoms with van der Waals surface area (Å²) in [5, 5.41) is 22.9. The van der Waals surface area contributed by atoms with Crippen molar-refractivity contribution in [1.82, 2.24) is 0 Å². The van der Waals surface area contributed by atoms with E-state index in [0.29, 0.717) is 24.7 Å². The molecule has 2 N–H and O–H groups in total. The van der Waals surface area contributed by atoms with E-state index in [1.54, 1.807) is 0 Å². The number of rotatable bonds is 3. The largest absolute Gasteiger partial charge is 0.390 e. The zero-order valence-electron chi connectivity index (χ0n) is 23.4. The van der Waals surface area contributed by atoms with Gasteiger partial charge in [-0.1, -0.05) is 20.8 Å². The topological polar surface area (TPSA) is 79.3 Å². The van der Waals surface area contributed by atoms with E-state index in [4.69, 9.17) is 9.47 Å². The Balaban J connectivity index is 1.43. The van der Waals surface area contributed by atoms with Gasteiger partial charge in [-0.3, -0.25) is 4.79 Å². The lowest BCUT2D eigenvalue weighted by molar-refractivity contribution is -0.196. The van der Waals surface area contributed by atoms with Crippen LogP contribution in [-0.4, -0.2) is 50.6 Å². The standard InChI is InChI=1S/C30H50O5/c1-25(2)18-11-15-28(6,32)19(18)17-24-30(8,35-24)20(25)9-10-21-27(5)14-12-22(31)26(3,4)34-23(27)13-16-29(21,7)33/h18-21,23-24,32-33H,9-17H2,1-8H3/t18-,19-,20-,21-,23-,24+,27-,28-,29+,30-/m1/s1. The highest BCUT2D eigenvalue weighted by Crippen LogP contribution is 2.66. The van der Waals surface area contributed by atoms with Crippen LogP contribution >= 0.6 is 0 Å². The molecule has 2 aliphatic heterocycles. The van der Waals surface area contributed by atoms with Crippen molar-refractivity contribution in [3.8, 4) is 0 Å². The number of epoxide rings is 1. The predicted octanol–water partition coefficient (Wildman–Crippen LogP) is 5.44. The summed E-state index contributed by atoms with van der Waals surface area (Å²) >= 11 is 0. The summed E-state index contributed by atoms with van der Waals surface area (Å²) in [5.74, 6) is 1.40. The third-order valence-electron chi connectivity index (χ3n) is 12.2. The van der Waals surface area contributed by atoms with Gasteiger partial charge in [-0.15, -0.1) is 0 Å². The lowest BCUT2D eigenvalue weighted by atomic mass is 9.55. The molecule has 10 atom stereocenters. The Morgan fingerprint density at radius 2 is 1.40 bits per heavy atom. The summed E-state index contributed by atoms with van der Waals surface area (Å²) < 4.78 is 12.9. The third-order valence-corrected chi connectivity index (χ3v) is 12.2. The Bertz CT molecular complexity index is 874. The number of fused-ring (bicyclic) bond motifs is 3. The second-order valence-corrected chi connectivity index (χ2v) is 15.1. The number of aliphatic hydroxyl groups is 2. The van der Waals surface area contributed by atoms with Crippen LogP contribution in [0.5, 0.6) is 0 Å². The molecule has 5 fully saturated rings. The highest BCUT2D eigenvalue weighted by atomic mass is 16.6. The van der Waals surface area contributed by atoms with E-state index in [0.717, 1.165) is 44.9 Å². The van der Waals surface area contributed by atoms with Gasteiger partial charge in [0.15, 0.2) is 5.78 Å². The summed E-state index contributed by atoms with van der Waals surface area (Å²) in [4.78, 5) is 12.8. The van der Waals surface area contributed by atoms with Crippen molar-refractivity contribution in [1.29, 1.82) is 0 Å². The minimum absolute atomic E-state index is 0.00821. The second-order valence-electron chi connectivity index (χ2n) is 15.1. The van der Waals surface area contributed by atoms with Crippen LogP contribution in [-0.2, 0) is 14.3 Å². The lowest BCUT2D eigenvalue weighted by Crippen LogP contribution is -2.56. The Morgan fingerprint density at radius 3 is 2.09 bits per heavy atom. The van der Waals surface area contributed by atoms with Gasteiger partial charge in [0.05, 0.1) is 29.0 Å². The molecule has 3 aliphatic carbocycles. The molecule has 0 bridgehead atoms. The zero-order valence-corrected chi connectivity index (χ0v) is 23.4. The first kappa shape index (κ1) is 26.1. The SMILES string of the molecule is CC1(C)O[C@@H]2CC[C@](C)(O)[C@H](CC[C@@H]3C(C)(C)[C@@H]4CC[C@@](C)(O)[C@@H]4C[C@@H]4O[C@@]43C)[C@@]2(C)CCC1=O. The number of hydrogen-bond acceptors (Lipinski definition) is 5. The minimum Gasteiger partial charge on any atom is -0.390 e. The first-order valence-electron chi connectivity index (χ1n) is 14.3. The van der Waals surface area contributed by atoms with E-state index >= 15 is 0 Å². The molecule has 0 aromatic rings. The third kappa shape index (κ3) is 3.89. The molecular formula is C30H50O5. The molecule has 3 saturated carbocycles. The molecule has 2 heterocycles. The highest BCUT2D eigenvalue weighted by Gasteiger charge is 2.68. The molecule has 0 radical (unpaired) electrons. The Hall–Kier alpha value is -0.490. The number of hydrogen-bond donors (Lipinski definition) is 2. The summed E-state index contributed by atoms with van der Waals surface area (Å²) in [7, 11) is 0. The summed E-state index contributed by atoms with van der Waals surface area (Å²) in [6, 6.07) is 0. The summed E-state index contributed by atoms with van der Waals surface area (Å²) in [6.07, 6.45) is 7.83. The summed E-state index contributed by atoms with van der Waals surface area (Å²) in [5.41, 5.74) is -2.47. The first-order valence-corrected chi connectivity index (χ1v) is 14.3. The van der Waals surface area contributed by atoms with E-state index in [-0.39, 0.29) is 46.3 Å². The predicted molar refractivity (Wildman–Crippen MR) is 136 cm³/mol. The molecule has 5 rings (SSSR count). The van der Waals surface area contributed by atoms with Gasteiger partial charge in [0.1, 0.15) is 5.60 Å². The van der Waals surface area contributed by atoms with Crippen LogP contribution in [0.1, 0.15) is 113 Å². The van der Waals surface area contributed by atoms with Gasteiger partial charge < -0.3 is 19.7 Å². The van der Waals surface area contributed by atoms with Crippen LogP contribution in [0.4, 0.5) is 0 Å². The van der Waals surface area contributed by atoms with E-state index < -0.39 is 16.8 Å². The Kier molecular flexibility index (Phi) is 5.80. The van der Waals surface area contributed by atoms with Gasteiger partial charge >= 0.3 is 0 Å². The van der Waals surface area contributed by atoms with Gasteiger partial charge in [-0.2, -0.15) is 0 Å². The van der Waals surface area contributed by atoms with E-state index in [9.17, 15) is 15.0 Å². The molecule has 5 aliphatic rings. The van der Waals surface area contributed by atoms with Crippen LogP contribution in [0.2, 0.25) is 0 Å². The highest BCUT2D eigenvalue weighted by molar-refractivity contribution is 5.86. The smallest absolute Gasteiger partial charge is 0.164 e. The second kappa shape index (κ2) is 7.77. The van der Waals surface area contributed by atoms with Crippen LogP contribution in [0, 0.1) is 34.5 Å². The minimum atomic E-state index is -0.773. The molecule has 5 heteroatoms. The fourth-order valence-electron chi connectivity index (χ4n) is 9.79. The fourth-order valence-corrected chi connectivity index (χ4v) is 9.79. The number of ether oxygens (including phenoxy) is 2.